The number of fused-ring (bicyclic) bond motifs is 1. The molecule has 2 nitrogen and oxygen atoms in total. The summed E-state index contributed by atoms with van der Waals surface area (Å²) in [6.45, 7) is 0.684. The molecule has 0 fully saturated rings. The van der Waals surface area contributed by atoms with Crippen LogP contribution in [0.5, 0.6) is 5.75 Å². The summed E-state index contributed by atoms with van der Waals surface area (Å²) in [4.78, 5) is 0. The minimum atomic E-state index is 0.493. The van der Waals surface area contributed by atoms with E-state index in [1.165, 1.54) is 11.1 Å². The maximum absolute atomic E-state index is 5.91. The highest BCUT2D eigenvalue weighted by atomic mass is 79.9. The molecule has 0 bridgehead atoms. The summed E-state index contributed by atoms with van der Waals surface area (Å²) in [6, 6.07) is 14.2. The van der Waals surface area contributed by atoms with Gasteiger partial charge in [0.2, 0.25) is 0 Å². The summed E-state index contributed by atoms with van der Waals surface area (Å²) in [6.07, 6.45) is 1.10. The first-order valence-electron chi connectivity index (χ1n) is 6.00. The highest BCUT2D eigenvalue weighted by Gasteiger charge is 2.26. The first kappa shape index (κ1) is 11.6. The van der Waals surface area contributed by atoms with Crippen molar-refractivity contribution in [3.63, 3.8) is 0 Å². The van der Waals surface area contributed by atoms with Crippen molar-refractivity contribution in [3.8, 4) is 5.75 Å². The molecule has 0 spiro atoms. The molecule has 0 radical (unpaired) electrons. The molecule has 0 aliphatic heterocycles. The fourth-order valence-electron chi connectivity index (χ4n) is 2.37. The van der Waals surface area contributed by atoms with E-state index < -0.39 is 0 Å². The van der Waals surface area contributed by atoms with E-state index in [9.17, 15) is 0 Å². The molecule has 18 heavy (non-hydrogen) atoms. The second kappa shape index (κ2) is 4.65. The number of rotatable bonds is 3. The lowest BCUT2D eigenvalue weighted by molar-refractivity contribution is 0.275. The average Bonchev–Trinajstić information content (AvgIpc) is 2.33. The summed E-state index contributed by atoms with van der Waals surface area (Å²) in [5.41, 5.74) is 9.43. The molecule has 1 atom stereocenters. The van der Waals surface area contributed by atoms with Crippen LogP contribution in [0, 0.1) is 0 Å². The molecule has 3 rings (SSSR count). The monoisotopic (exact) mass is 303 g/mol. The number of nitrogen functional groups attached to an aromatic ring is 1. The molecule has 0 aromatic heterocycles. The molecule has 2 aromatic carbocycles. The summed E-state index contributed by atoms with van der Waals surface area (Å²) < 4.78 is 6.77. The minimum Gasteiger partial charge on any atom is -0.490 e. The number of anilines is 1. The average molecular weight is 304 g/mol. The van der Waals surface area contributed by atoms with Crippen molar-refractivity contribution < 1.29 is 4.74 Å². The third-order valence-electron chi connectivity index (χ3n) is 3.39. The lowest BCUT2D eigenvalue weighted by Crippen LogP contribution is -2.23. The van der Waals surface area contributed by atoms with Crippen LogP contribution in [0.25, 0.3) is 0 Å². The minimum absolute atomic E-state index is 0.493. The highest BCUT2D eigenvalue weighted by molar-refractivity contribution is 9.10. The largest absolute Gasteiger partial charge is 0.490 e. The van der Waals surface area contributed by atoms with E-state index in [0.717, 1.165) is 16.6 Å². The predicted octanol–water partition coefficient (Wildman–Crippen LogP) is 3.75. The van der Waals surface area contributed by atoms with Gasteiger partial charge in [-0.1, -0.05) is 30.3 Å². The molecular formula is C15H14BrNO. The Bertz CT molecular complexity index is 562. The van der Waals surface area contributed by atoms with Crippen molar-refractivity contribution in [3.05, 3.63) is 58.1 Å². The quantitative estimate of drug-likeness (QED) is 0.877. The molecule has 1 aliphatic carbocycles. The molecule has 2 N–H and O–H groups in total. The summed E-state index contributed by atoms with van der Waals surface area (Å²) in [5, 5.41) is 0. The van der Waals surface area contributed by atoms with Gasteiger partial charge in [-0.15, -0.1) is 0 Å². The van der Waals surface area contributed by atoms with Crippen molar-refractivity contribution in [1.29, 1.82) is 0 Å². The highest BCUT2D eigenvalue weighted by Crippen LogP contribution is 2.37. The first-order chi connectivity index (χ1) is 8.75. The van der Waals surface area contributed by atoms with Crippen LogP contribution in [0.3, 0.4) is 0 Å². The van der Waals surface area contributed by atoms with Crippen molar-refractivity contribution in [2.45, 2.75) is 12.3 Å². The van der Waals surface area contributed by atoms with Gasteiger partial charge in [0.25, 0.3) is 0 Å². The number of para-hydroxylation sites is 1. The number of benzene rings is 2. The fourth-order valence-corrected chi connectivity index (χ4v) is 2.87. The van der Waals surface area contributed by atoms with Gasteiger partial charge in [-0.25, -0.2) is 0 Å². The Kier molecular flexibility index (Phi) is 3.00. The van der Waals surface area contributed by atoms with E-state index in [1.54, 1.807) is 0 Å². The van der Waals surface area contributed by atoms with Gasteiger partial charge >= 0.3 is 0 Å². The molecular weight excluding hydrogens is 290 g/mol. The Labute approximate surface area is 115 Å². The van der Waals surface area contributed by atoms with E-state index in [-0.39, 0.29) is 0 Å². The van der Waals surface area contributed by atoms with Crippen molar-refractivity contribution in [1.82, 2.24) is 0 Å². The summed E-state index contributed by atoms with van der Waals surface area (Å²) in [7, 11) is 0. The maximum atomic E-state index is 5.91. The molecule has 3 heteroatoms. The Morgan fingerprint density at radius 3 is 2.78 bits per heavy atom. The van der Waals surface area contributed by atoms with E-state index in [4.69, 9.17) is 10.5 Å². The third-order valence-corrected chi connectivity index (χ3v) is 4.01. The number of hydrogen-bond acceptors (Lipinski definition) is 2. The van der Waals surface area contributed by atoms with Crippen LogP contribution < -0.4 is 10.5 Å². The van der Waals surface area contributed by atoms with Gasteiger partial charge in [0.05, 0.1) is 16.8 Å². The van der Waals surface area contributed by atoms with Crippen LogP contribution in [0.4, 0.5) is 5.69 Å². The topological polar surface area (TPSA) is 35.2 Å². The third kappa shape index (κ3) is 1.99. The number of nitrogens with two attached hydrogens (primary N) is 1. The Hall–Kier alpha value is -1.48. The molecule has 0 amide bonds. The normalized spacial score (nSPS) is 16.8. The van der Waals surface area contributed by atoms with Gasteiger partial charge in [-0.3, -0.25) is 0 Å². The van der Waals surface area contributed by atoms with Crippen molar-refractivity contribution in [2.75, 3.05) is 12.3 Å². The number of ether oxygens (including phenoxy) is 1. The van der Waals surface area contributed by atoms with Crippen molar-refractivity contribution in [2.24, 2.45) is 0 Å². The van der Waals surface area contributed by atoms with E-state index in [2.05, 4.69) is 40.2 Å². The van der Waals surface area contributed by atoms with Gasteiger partial charge in [-0.2, -0.15) is 0 Å². The van der Waals surface area contributed by atoms with Crippen LogP contribution in [-0.2, 0) is 6.42 Å². The second-order valence-electron chi connectivity index (χ2n) is 4.57. The van der Waals surface area contributed by atoms with Crippen LogP contribution in [-0.4, -0.2) is 6.61 Å². The molecule has 92 valence electrons. The van der Waals surface area contributed by atoms with Crippen molar-refractivity contribution >= 4 is 21.6 Å². The smallest absolute Gasteiger partial charge is 0.156 e. The summed E-state index contributed by atoms with van der Waals surface area (Å²) in [5.74, 6) is 1.24. The van der Waals surface area contributed by atoms with Gasteiger partial charge < -0.3 is 10.5 Å². The lowest BCUT2D eigenvalue weighted by Gasteiger charge is -2.30. The van der Waals surface area contributed by atoms with Gasteiger partial charge in [-0.05, 0) is 45.6 Å². The molecule has 2 aromatic rings. The summed E-state index contributed by atoms with van der Waals surface area (Å²) >= 11 is 3.46. The van der Waals surface area contributed by atoms with E-state index in [1.807, 2.05) is 18.2 Å². The van der Waals surface area contributed by atoms with Gasteiger partial charge in [0, 0.05) is 5.92 Å². The zero-order chi connectivity index (χ0) is 12.5. The van der Waals surface area contributed by atoms with Crippen LogP contribution in [0.15, 0.2) is 46.9 Å². The Balaban J connectivity index is 1.70. The number of halogens is 1. The molecule has 1 unspecified atom stereocenters. The van der Waals surface area contributed by atoms with Gasteiger partial charge in [0.15, 0.2) is 5.75 Å². The number of hydrogen-bond donors (Lipinski definition) is 1. The van der Waals surface area contributed by atoms with Gasteiger partial charge in [0.1, 0.15) is 0 Å². The standard InChI is InChI=1S/C15H14BrNO/c16-13-6-3-7-14(17)15(13)18-9-11-8-10-4-1-2-5-12(10)11/h1-7,11H,8-9,17H2. The predicted molar refractivity (Wildman–Crippen MR) is 76.9 cm³/mol. The first-order valence-corrected chi connectivity index (χ1v) is 6.79. The molecule has 0 saturated heterocycles. The molecule has 1 aliphatic rings. The molecule has 0 heterocycles. The fraction of sp³-hybridized carbons (Fsp3) is 0.200. The van der Waals surface area contributed by atoms with Crippen LogP contribution in [0.1, 0.15) is 17.0 Å². The Morgan fingerprint density at radius 2 is 2.00 bits per heavy atom. The van der Waals surface area contributed by atoms with E-state index in [0.29, 0.717) is 18.2 Å². The zero-order valence-corrected chi connectivity index (χ0v) is 11.5. The Morgan fingerprint density at radius 1 is 1.17 bits per heavy atom. The van der Waals surface area contributed by atoms with Crippen LogP contribution >= 0.6 is 15.9 Å². The zero-order valence-electron chi connectivity index (χ0n) is 9.90. The maximum Gasteiger partial charge on any atom is 0.156 e. The lowest BCUT2D eigenvalue weighted by atomic mass is 9.78. The van der Waals surface area contributed by atoms with E-state index >= 15 is 0 Å². The SMILES string of the molecule is Nc1cccc(Br)c1OCC1Cc2ccccc21. The second-order valence-corrected chi connectivity index (χ2v) is 5.42. The molecule has 0 saturated carbocycles. The van der Waals surface area contributed by atoms with Crippen LogP contribution in [0.2, 0.25) is 0 Å².